The molecule has 0 heterocycles. The monoisotopic (exact) mass is 270 g/mol. The Morgan fingerprint density at radius 1 is 1.10 bits per heavy atom. The molecule has 3 N–H and O–H groups in total. The van der Waals surface area contributed by atoms with E-state index in [9.17, 15) is 4.79 Å². The minimum absolute atomic E-state index is 0.0542. The quantitative estimate of drug-likeness (QED) is 0.624. The van der Waals surface area contributed by atoms with Gasteiger partial charge in [-0.25, -0.2) is 0 Å². The second-order valence-electron chi connectivity index (χ2n) is 4.50. The van der Waals surface area contributed by atoms with Gasteiger partial charge in [-0.1, -0.05) is 12.1 Å². The number of nitrogens with two attached hydrogens (primary N) is 1. The van der Waals surface area contributed by atoms with E-state index < -0.39 is 0 Å². The molecule has 2 rings (SSSR count). The molecular formula is C16H18N2O2. The molecule has 0 saturated carbocycles. The number of carbonyl (C=O) groups excluding carboxylic acids is 1. The SMILES string of the molecule is COc1ccc(CNCC(=O)c2ccc(N)cc2)cc1. The lowest BCUT2D eigenvalue weighted by Gasteiger charge is -2.06. The highest BCUT2D eigenvalue weighted by Gasteiger charge is 2.04. The highest BCUT2D eigenvalue weighted by molar-refractivity contribution is 5.97. The van der Waals surface area contributed by atoms with Crippen LogP contribution in [0.1, 0.15) is 15.9 Å². The molecule has 0 spiro atoms. The Balaban J connectivity index is 1.82. The van der Waals surface area contributed by atoms with Gasteiger partial charge in [-0.2, -0.15) is 0 Å². The van der Waals surface area contributed by atoms with Crippen molar-refractivity contribution in [2.24, 2.45) is 0 Å². The van der Waals surface area contributed by atoms with Gasteiger partial charge in [0.25, 0.3) is 0 Å². The van der Waals surface area contributed by atoms with Crippen LogP contribution >= 0.6 is 0 Å². The van der Waals surface area contributed by atoms with Gasteiger partial charge < -0.3 is 15.8 Å². The van der Waals surface area contributed by atoms with E-state index in [0.717, 1.165) is 11.3 Å². The van der Waals surface area contributed by atoms with E-state index >= 15 is 0 Å². The Bertz CT molecular complexity index is 562. The van der Waals surface area contributed by atoms with Crippen molar-refractivity contribution in [3.63, 3.8) is 0 Å². The van der Waals surface area contributed by atoms with Gasteiger partial charge in [0.2, 0.25) is 0 Å². The number of hydrogen-bond acceptors (Lipinski definition) is 4. The first-order valence-corrected chi connectivity index (χ1v) is 6.41. The molecule has 0 fully saturated rings. The molecule has 2 aromatic carbocycles. The summed E-state index contributed by atoms with van der Waals surface area (Å²) in [5.41, 5.74) is 8.02. The van der Waals surface area contributed by atoms with Crippen molar-refractivity contribution in [3.8, 4) is 5.75 Å². The fourth-order valence-corrected chi connectivity index (χ4v) is 1.83. The molecule has 4 nitrogen and oxygen atoms in total. The van der Waals surface area contributed by atoms with Crippen LogP contribution in [0.2, 0.25) is 0 Å². The van der Waals surface area contributed by atoms with E-state index in [0.29, 0.717) is 24.3 Å². The number of methoxy groups -OCH3 is 1. The van der Waals surface area contributed by atoms with E-state index in [2.05, 4.69) is 5.32 Å². The zero-order valence-corrected chi connectivity index (χ0v) is 11.4. The summed E-state index contributed by atoms with van der Waals surface area (Å²) in [4.78, 5) is 11.9. The average Bonchev–Trinajstić information content (AvgIpc) is 2.48. The zero-order valence-electron chi connectivity index (χ0n) is 11.4. The largest absolute Gasteiger partial charge is 0.497 e. The maximum atomic E-state index is 11.9. The topological polar surface area (TPSA) is 64.3 Å². The van der Waals surface area contributed by atoms with Gasteiger partial charge in [-0.15, -0.1) is 0 Å². The molecule has 0 bridgehead atoms. The molecule has 2 aromatic rings. The lowest BCUT2D eigenvalue weighted by Crippen LogP contribution is -2.22. The molecule has 0 radical (unpaired) electrons. The normalized spacial score (nSPS) is 10.2. The molecule has 104 valence electrons. The molecule has 0 atom stereocenters. The number of benzene rings is 2. The van der Waals surface area contributed by atoms with Crippen molar-refractivity contribution < 1.29 is 9.53 Å². The number of ketones is 1. The van der Waals surface area contributed by atoms with Crippen LogP contribution in [0.15, 0.2) is 48.5 Å². The fourth-order valence-electron chi connectivity index (χ4n) is 1.83. The third-order valence-corrected chi connectivity index (χ3v) is 3.01. The van der Waals surface area contributed by atoms with Crippen molar-refractivity contribution in [1.82, 2.24) is 5.32 Å². The van der Waals surface area contributed by atoms with Gasteiger partial charge in [0.1, 0.15) is 5.75 Å². The minimum Gasteiger partial charge on any atom is -0.497 e. The van der Waals surface area contributed by atoms with Crippen molar-refractivity contribution >= 4 is 11.5 Å². The summed E-state index contributed by atoms with van der Waals surface area (Å²) in [5.74, 6) is 0.880. The van der Waals surface area contributed by atoms with Crippen LogP contribution < -0.4 is 15.8 Å². The van der Waals surface area contributed by atoms with E-state index in [-0.39, 0.29) is 5.78 Å². The van der Waals surface area contributed by atoms with Crippen molar-refractivity contribution in [1.29, 1.82) is 0 Å². The van der Waals surface area contributed by atoms with Gasteiger partial charge in [-0.05, 0) is 42.0 Å². The summed E-state index contributed by atoms with van der Waals surface area (Å²) >= 11 is 0. The van der Waals surface area contributed by atoms with Crippen LogP contribution in [0.4, 0.5) is 5.69 Å². The summed E-state index contributed by atoms with van der Waals surface area (Å²) in [6, 6.07) is 14.7. The highest BCUT2D eigenvalue weighted by atomic mass is 16.5. The molecule has 0 aliphatic carbocycles. The first-order chi connectivity index (χ1) is 9.69. The number of nitrogens with one attached hydrogen (secondary N) is 1. The predicted octanol–water partition coefficient (Wildman–Crippen LogP) is 2.25. The highest BCUT2D eigenvalue weighted by Crippen LogP contribution is 2.11. The fraction of sp³-hybridized carbons (Fsp3) is 0.188. The maximum absolute atomic E-state index is 11.9. The number of hydrogen-bond donors (Lipinski definition) is 2. The number of carbonyl (C=O) groups is 1. The molecule has 0 unspecified atom stereocenters. The van der Waals surface area contributed by atoms with Crippen molar-refractivity contribution in [3.05, 3.63) is 59.7 Å². The lowest BCUT2D eigenvalue weighted by atomic mass is 10.1. The molecule has 20 heavy (non-hydrogen) atoms. The standard InChI is InChI=1S/C16H18N2O2/c1-20-15-8-2-12(3-9-15)10-18-11-16(19)13-4-6-14(17)7-5-13/h2-9,18H,10-11,17H2,1H3. The summed E-state index contributed by atoms with van der Waals surface area (Å²) in [5, 5.41) is 3.13. The Morgan fingerprint density at radius 3 is 2.35 bits per heavy atom. The lowest BCUT2D eigenvalue weighted by molar-refractivity contribution is 0.0991. The van der Waals surface area contributed by atoms with E-state index in [1.54, 1.807) is 31.4 Å². The number of Topliss-reactive ketones (excluding diaryl/α,β-unsaturated/α-hetero) is 1. The Morgan fingerprint density at radius 2 is 1.75 bits per heavy atom. The van der Waals surface area contributed by atoms with E-state index in [1.807, 2.05) is 24.3 Å². The third kappa shape index (κ3) is 3.83. The molecular weight excluding hydrogens is 252 g/mol. The summed E-state index contributed by atoms with van der Waals surface area (Å²) < 4.78 is 5.09. The number of anilines is 1. The number of ether oxygens (including phenoxy) is 1. The molecule has 0 amide bonds. The second kappa shape index (κ2) is 6.73. The van der Waals surface area contributed by atoms with Crippen LogP contribution in [-0.4, -0.2) is 19.4 Å². The van der Waals surface area contributed by atoms with Crippen LogP contribution in [0, 0.1) is 0 Å². The summed E-state index contributed by atoms with van der Waals surface area (Å²) in [6.45, 7) is 0.945. The van der Waals surface area contributed by atoms with E-state index in [1.165, 1.54) is 0 Å². The van der Waals surface area contributed by atoms with E-state index in [4.69, 9.17) is 10.5 Å². The average molecular weight is 270 g/mol. The van der Waals surface area contributed by atoms with Crippen LogP contribution in [0.5, 0.6) is 5.75 Å². The predicted molar refractivity (Wildman–Crippen MR) is 79.9 cm³/mol. The van der Waals surface area contributed by atoms with Crippen molar-refractivity contribution in [2.75, 3.05) is 19.4 Å². The first-order valence-electron chi connectivity index (χ1n) is 6.41. The summed E-state index contributed by atoms with van der Waals surface area (Å²) in [7, 11) is 1.64. The van der Waals surface area contributed by atoms with Gasteiger partial charge in [0.05, 0.1) is 13.7 Å². The molecule has 0 aliphatic rings. The maximum Gasteiger partial charge on any atom is 0.176 e. The van der Waals surface area contributed by atoms with Gasteiger partial charge >= 0.3 is 0 Å². The molecule has 0 aliphatic heterocycles. The summed E-state index contributed by atoms with van der Waals surface area (Å²) in [6.07, 6.45) is 0. The first kappa shape index (κ1) is 14.1. The number of nitrogen functional groups attached to an aromatic ring is 1. The Hall–Kier alpha value is -2.33. The Kier molecular flexibility index (Phi) is 4.74. The van der Waals surface area contributed by atoms with Crippen LogP contribution in [0.25, 0.3) is 0 Å². The smallest absolute Gasteiger partial charge is 0.176 e. The van der Waals surface area contributed by atoms with Crippen LogP contribution in [-0.2, 0) is 6.54 Å². The van der Waals surface area contributed by atoms with Gasteiger partial charge in [0.15, 0.2) is 5.78 Å². The second-order valence-corrected chi connectivity index (χ2v) is 4.50. The molecule has 0 aromatic heterocycles. The van der Waals surface area contributed by atoms with Gasteiger partial charge in [-0.3, -0.25) is 4.79 Å². The minimum atomic E-state index is 0.0542. The molecule has 4 heteroatoms. The van der Waals surface area contributed by atoms with Crippen LogP contribution in [0.3, 0.4) is 0 Å². The third-order valence-electron chi connectivity index (χ3n) is 3.01. The van der Waals surface area contributed by atoms with Crippen molar-refractivity contribution in [2.45, 2.75) is 6.54 Å². The number of rotatable bonds is 6. The zero-order chi connectivity index (χ0) is 14.4. The molecule has 0 saturated heterocycles. The van der Waals surface area contributed by atoms with Gasteiger partial charge in [0, 0.05) is 17.8 Å². The Labute approximate surface area is 118 Å².